The number of hydrogen-bond acceptors (Lipinski definition) is 4. The lowest BCUT2D eigenvalue weighted by Gasteiger charge is -2.14. The second-order valence-corrected chi connectivity index (χ2v) is 7.09. The van der Waals surface area contributed by atoms with Crippen molar-refractivity contribution >= 4 is 47.1 Å². The Morgan fingerprint density at radius 3 is 2.62 bits per heavy atom. The van der Waals surface area contributed by atoms with Crippen LogP contribution in [0, 0.1) is 0 Å². The Morgan fingerprint density at radius 2 is 1.90 bits per heavy atom. The van der Waals surface area contributed by atoms with Crippen molar-refractivity contribution < 1.29 is 18.0 Å². The largest absolute Gasteiger partial charge is 0.418 e. The first-order chi connectivity index (χ1) is 13.8. The molecule has 1 amide bonds. The molecule has 150 valence electrons. The molecule has 0 unspecified atom stereocenters. The first kappa shape index (κ1) is 20.9. The molecule has 29 heavy (non-hydrogen) atoms. The highest BCUT2D eigenvalue weighted by molar-refractivity contribution is 7.99. The summed E-state index contributed by atoms with van der Waals surface area (Å²) in [5.74, 6) is -0.343. The molecule has 0 aliphatic rings. The molecule has 0 fully saturated rings. The van der Waals surface area contributed by atoms with E-state index in [0.717, 1.165) is 23.4 Å². The molecule has 3 rings (SSSR count). The van der Waals surface area contributed by atoms with Crippen LogP contribution in [0.3, 0.4) is 0 Å². The molecule has 0 aliphatic heterocycles. The van der Waals surface area contributed by atoms with E-state index < -0.39 is 23.3 Å². The van der Waals surface area contributed by atoms with Crippen molar-refractivity contribution in [3.8, 4) is 0 Å². The Bertz CT molecular complexity index is 1020. The van der Waals surface area contributed by atoms with Gasteiger partial charge in [-0.1, -0.05) is 65.8 Å². The van der Waals surface area contributed by atoms with E-state index in [1.165, 1.54) is 12.1 Å². The van der Waals surface area contributed by atoms with Gasteiger partial charge in [0.1, 0.15) is 5.82 Å². The average Bonchev–Trinajstić information content (AvgIpc) is 3.14. The van der Waals surface area contributed by atoms with Crippen LogP contribution in [0.15, 0.2) is 53.7 Å². The van der Waals surface area contributed by atoms with Gasteiger partial charge in [-0.15, -0.1) is 5.10 Å². The van der Waals surface area contributed by atoms with E-state index in [1.54, 1.807) is 6.08 Å². The molecule has 3 aromatic rings. The SMILES string of the molecule is O=C(CSc1n[nH]c(/C=C/c2ccccc2)n1)Nc1c(Cl)cccc1C(F)(F)F. The van der Waals surface area contributed by atoms with Crippen LogP contribution in [0.1, 0.15) is 17.0 Å². The quantitative estimate of drug-likeness (QED) is 0.507. The lowest BCUT2D eigenvalue weighted by Crippen LogP contribution is -2.18. The number of thioether (sulfide) groups is 1. The van der Waals surface area contributed by atoms with Gasteiger partial charge in [0.2, 0.25) is 11.1 Å². The van der Waals surface area contributed by atoms with Crippen molar-refractivity contribution in [3.05, 3.63) is 70.5 Å². The van der Waals surface area contributed by atoms with Crippen LogP contribution >= 0.6 is 23.4 Å². The van der Waals surface area contributed by atoms with Gasteiger partial charge >= 0.3 is 6.18 Å². The van der Waals surface area contributed by atoms with E-state index in [1.807, 2.05) is 36.4 Å². The zero-order valence-corrected chi connectivity index (χ0v) is 16.3. The van der Waals surface area contributed by atoms with Crippen LogP contribution in [0.25, 0.3) is 12.2 Å². The number of nitrogens with zero attached hydrogens (tertiary/aromatic N) is 2. The zero-order chi connectivity index (χ0) is 20.9. The predicted octanol–water partition coefficient (Wildman–Crippen LogP) is 5.38. The van der Waals surface area contributed by atoms with Gasteiger partial charge in [0.05, 0.1) is 22.0 Å². The maximum atomic E-state index is 13.1. The van der Waals surface area contributed by atoms with Gasteiger partial charge in [0.15, 0.2) is 0 Å². The van der Waals surface area contributed by atoms with Gasteiger partial charge in [-0.2, -0.15) is 13.2 Å². The fourth-order valence-corrected chi connectivity index (χ4v) is 3.16. The van der Waals surface area contributed by atoms with Crippen LogP contribution in [0.4, 0.5) is 18.9 Å². The lowest BCUT2D eigenvalue weighted by molar-refractivity contribution is -0.137. The first-order valence-electron chi connectivity index (χ1n) is 8.27. The number of aromatic nitrogens is 3. The Balaban J connectivity index is 1.60. The first-order valence-corrected chi connectivity index (χ1v) is 9.63. The summed E-state index contributed by atoms with van der Waals surface area (Å²) in [7, 11) is 0. The summed E-state index contributed by atoms with van der Waals surface area (Å²) in [4.78, 5) is 16.3. The van der Waals surface area contributed by atoms with Crippen LogP contribution < -0.4 is 5.32 Å². The lowest BCUT2D eigenvalue weighted by atomic mass is 10.1. The van der Waals surface area contributed by atoms with Crippen molar-refractivity contribution in [2.24, 2.45) is 0 Å². The third kappa shape index (κ3) is 5.85. The Kier molecular flexibility index (Phi) is 6.60. The smallest absolute Gasteiger partial charge is 0.324 e. The molecular weight excluding hydrogens is 425 g/mol. The topological polar surface area (TPSA) is 70.7 Å². The minimum absolute atomic E-state index is 0.178. The van der Waals surface area contributed by atoms with Crippen molar-refractivity contribution in [1.29, 1.82) is 0 Å². The molecule has 0 radical (unpaired) electrons. The molecule has 2 aromatic carbocycles. The third-order valence-corrected chi connectivity index (χ3v) is 4.79. The number of anilines is 1. The molecule has 2 N–H and O–H groups in total. The Morgan fingerprint density at radius 1 is 1.14 bits per heavy atom. The number of H-pyrrole nitrogens is 1. The maximum absolute atomic E-state index is 13.1. The summed E-state index contributed by atoms with van der Waals surface area (Å²) in [5, 5.41) is 9.01. The van der Waals surface area contributed by atoms with Crippen molar-refractivity contribution in [1.82, 2.24) is 15.2 Å². The average molecular weight is 439 g/mol. The number of halogens is 4. The highest BCUT2D eigenvalue weighted by atomic mass is 35.5. The van der Waals surface area contributed by atoms with Crippen LogP contribution in [-0.4, -0.2) is 26.8 Å². The summed E-state index contributed by atoms with van der Waals surface area (Å²) < 4.78 is 39.2. The van der Waals surface area contributed by atoms with Crippen LogP contribution in [0.5, 0.6) is 0 Å². The number of nitrogens with one attached hydrogen (secondary N) is 2. The third-order valence-electron chi connectivity index (χ3n) is 3.63. The number of carbonyl (C=O) groups is 1. The summed E-state index contributed by atoms with van der Waals surface area (Å²) in [6.45, 7) is 0. The minimum atomic E-state index is -4.63. The normalized spacial score (nSPS) is 11.7. The summed E-state index contributed by atoms with van der Waals surface area (Å²) >= 11 is 6.81. The molecule has 10 heteroatoms. The van der Waals surface area contributed by atoms with Gasteiger partial charge in [0.25, 0.3) is 0 Å². The van der Waals surface area contributed by atoms with Gasteiger partial charge in [-0.3, -0.25) is 9.89 Å². The molecule has 0 bridgehead atoms. The van der Waals surface area contributed by atoms with Gasteiger partial charge in [-0.05, 0) is 23.8 Å². The molecule has 0 spiro atoms. The summed E-state index contributed by atoms with van der Waals surface area (Å²) in [6, 6.07) is 12.9. The molecule has 0 saturated carbocycles. The molecule has 1 heterocycles. The van der Waals surface area contributed by atoms with E-state index in [0.29, 0.717) is 11.0 Å². The molecule has 0 atom stereocenters. The number of rotatable bonds is 6. The summed E-state index contributed by atoms with van der Waals surface area (Å²) in [5.41, 5.74) is -0.485. The number of alkyl halides is 3. The number of benzene rings is 2. The monoisotopic (exact) mass is 438 g/mol. The zero-order valence-electron chi connectivity index (χ0n) is 14.7. The number of hydrogen-bond donors (Lipinski definition) is 2. The molecule has 0 aliphatic carbocycles. The highest BCUT2D eigenvalue weighted by Crippen LogP contribution is 2.38. The molecular formula is C19H14ClF3N4OS. The second kappa shape index (κ2) is 9.15. The van der Waals surface area contributed by atoms with Crippen molar-refractivity contribution in [2.45, 2.75) is 11.3 Å². The van der Waals surface area contributed by atoms with Gasteiger partial charge in [-0.25, -0.2) is 4.98 Å². The molecule has 1 aromatic heterocycles. The Hall–Kier alpha value is -2.78. The molecule has 0 saturated heterocycles. The van der Waals surface area contributed by atoms with Crippen LogP contribution in [-0.2, 0) is 11.0 Å². The number of carbonyl (C=O) groups excluding carboxylic acids is 1. The van der Waals surface area contributed by atoms with E-state index >= 15 is 0 Å². The van der Waals surface area contributed by atoms with E-state index in [-0.39, 0.29) is 10.8 Å². The fraction of sp³-hybridized carbons (Fsp3) is 0.105. The maximum Gasteiger partial charge on any atom is 0.418 e. The van der Waals surface area contributed by atoms with Crippen molar-refractivity contribution in [3.63, 3.8) is 0 Å². The van der Waals surface area contributed by atoms with Crippen LogP contribution in [0.2, 0.25) is 5.02 Å². The minimum Gasteiger partial charge on any atom is -0.324 e. The van der Waals surface area contributed by atoms with E-state index in [9.17, 15) is 18.0 Å². The standard InChI is InChI=1S/C19H14ClF3N4OS/c20-14-8-4-7-13(19(21,22)23)17(14)25-16(28)11-29-18-24-15(26-27-18)10-9-12-5-2-1-3-6-12/h1-10H,11H2,(H,25,28)(H,24,26,27)/b10-9+. The number of amides is 1. The highest BCUT2D eigenvalue weighted by Gasteiger charge is 2.34. The van der Waals surface area contributed by atoms with Crippen molar-refractivity contribution in [2.75, 3.05) is 11.1 Å². The number of aromatic amines is 1. The molecule has 5 nitrogen and oxygen atoms in total. The van der Waals surface area contributed by atoms with Gasteiger partial charge < -0.3 is 5.32 Å². The predicted molar refractivity (Wildman–Crippen MR) is 108 cm³/mol. The second-order valence-electron chi connectivity index (χ2n) is 5.74. The summed E-state index contributed by atoms with van der Waals surface area (Å²) in [6.07, 6.45) is -1.06. The van der Waals surface area contributed by atoms with E-state index in [4.69, 9.17) is 11.6 Å². The Labute approximate surface area is 173 Å². The fourth-order valence-electron chi connectivity index (χ4n) is 2.33. The van der Waals surface area contributed by atoms with E-state index in [2.05, 4.69) is 20.5 Å². The van der Waals surface area contributed by atoms with Gasteiger partial charge in [0, 0.05) is 0 Å². The number of para-hydroxylation sites is 1.